The second-order valence-corrected chi connectivity index (χ2v) is 8.06. The molecular weight excluding hydrogens is 430 g/mol. The highest BCUT2D eigenvalue weighted by Gasteiger charge is 2.13. The lowest BCUT2D eigenvalue weighted by Crippen LogP contribution is -2.28. The summed E-state index contributed by atoms with van der Waals surface area (Å²) in [7, 11) is 6.28. The van der Waals surface area contributed by atoms with Crippen LogP contribution in [-0.2, 0) is 23.8 Å². The quantitative estimate of drug-likeness (QED) is 0.0835. The molecule has 0 spiro atoms. The average Bonchev–Trinajstić information content (AvgIpc) is 2.80. The summed E-state index contributed by atoms with van der Waals surface area (Å²) >= 11 is 5.92. The van der Waals surface area contributed by atoms with Crippen molar-refractivity contribution < 1.29 is 23.8 Å². The van der Waals surface area contributed by atoms with Crippen LogP contribution >= 0.6 is 11.6 Å². The number of nitrogens with zero attached hydrogens (tertiary/aromatic N) is 1. The van der Waals surface area contributed by atoms with Crippen LogP contribution in [0.4, 0.5) is 0 Å². The van der Waals surface area contributed by atoms with Crippen molar-refractivity contribution in [1.82, 2.24) is 4.90 Å². The molecule has 184 valence electrons. The number of carbonyl (C=O) groups is 2. The van der Waals surface area contributed by atoms with Crippen LogP contribution in [0, 0.1) is 0 Å². The Balaban J connectivity index is 4.35. The molecule has 0 N–H and O–H groups in total. The third-order valence-electron chi connectivity index (χ3n) is 5.22. The molecule has 0 rings (SSSR count). The monoisotopic (exact) mass is 471 g/mol. The number of likely N-dealkylation sites (N-methyl/N-ethyl adjacent to an activating group) is 1. The molecule has 32 heavy (non-hydrogen) atoms. The maximum atomic E-state index is 12.4. The summed E-state index contributed by atoms with van der Waals surface area (Å²) in [6.07, 6.45) is 15.4. The van der Waals surface area contributed by atoms with Gasteiger partial charge in [0.05, 0.1) is 26.4 Å². The Bertz CT molecular complexity index is 615. The second-order valence-electron chi connectivity index (χ2n) is 7.84. The van der Waals surface area contributed by atoms with Crippen LogP contribution < -0.4 is 0 Å². The summed E-state index contributed by atoms with van der Waals surface area (Å²) in [6, 6.07) is 0. The van der Waals surface area contributed by atoms with E-state index in [4.69, 9.17) is 21.1 Å². The first-order valence-electron chi connectivity index (χ1n) is 11.4. The Labute approximate surface area is 199 Å². The first-order chi connectivity index (χ1) is 15.4. The molecule has 0 saturated heterocycles. The lowest BCUT2D eigenvalue weighted by Gasteiger charge is -2.19. The molecule has 0 aromatic rings. The number of hydrogen-bond donors (Lipinski definition) is 0. The zero-order valence-electron chi connectivity index (χ0n) is 20.5. The van der Waals surface area contributed by atoms with Crippen molar-refractivity contribution in [3.05, 3.63) is 35.1 Å². The highest BCUT2D eigenvalue weighted by molar-refractivity contribution is 6.25. The molecule has 0 aliphatic rings. The number of esters is 1. The number of amides is 1. The Hall–Kier alpha value is -1.79. The molecule has 0 aromatic carbocycles. The topological polar surface area (TPSA) is 65.1 Å². The number of allylic oxidation sites excluding steroid dienone is 2. The largest absolute Gasteiger partial charge is 0.500 e. The maximum Gasteiger partial charge on any atom is 0.333 e. The number of unbranched alkanes of at least 4 members (excludes halogenated alkanes) is 4. The van der Waals surface area contributed by atoms with E-state index in [1.54, 1.807) is 19.1 Å². The first-order valence-corrected chi connectivity index (χ1v) is 11.9. The SMILES string of the molecule is CCCCCCC[C@@H](C/C=C/CCC(=O)N(C)C/C(=C\Cl)C/C(=C\C(=O)OC)OC)OC. The number of hydrogen-bond acceptors (Lipinski definition) is 5. The predicted molar refractivity (Wildman–Crippen MR) is 130 cm³/mol. The second kappa shape index (κ2) is 19.9. The van der Waals surface area contributed by atoms with Crippen molar-refractivity contribution in [2.45, 2.75) is 77.2 Å². The van der Waals surface area contributed by atoms with E-state index < -0.39 is 5.97 Å². The van der Waals surface area contributed by atoms with Gasteiger partial charge in [-0.15, -0.1) is 0 Å². The highest BCUT2D eigenvalue weighted by atomic mass is 35.5. The normalized spacial score (nSPS) is 13.3. The fourth-order valence-electron chi connectivity index (χ4n) is 3.19. The van der Waals surface area contributed by atoms with E-state index in [1.807, 2.05) is 0 Å². The van der Waals surface area contributed by atoms with Crippen molar-refractivity contribution in [3.8, 4) is 0 Å². The Kier molecular flexibility index (Phi) is 18.8. The van der Waals surface area contributed by atoms with E-state index in [-0.39, 0.29) is 12.0 Å². The summed E-state index contributed by atoms with van der Waals surface area (Å²) in [6.45, 7) is 2.58. The van der Waals surface area contributed by atoms with Gasteiger partial charge in [-0.05, 0) is 24.8 Å². The van der Waals surface area contributed by atoms with Gasteiger partial charge in [0.2, 0.25) is 5.91 Å². The number of rotatable bonds is 18. The summed E-state index contributed by atoms with van der Waals surface area (Å²) in [5, 5.41) is 0. The van der Waals surface area contributed by atoms with Crippen molar-refractivity contribution in [2.75, 3.05) is 34.9 Å². The molecule has 6 nitrogen and oxygen atoms in total. The summed E-state index contributed by atoms with van der Waals surface area (Å²) < 4.78 is 15.4. The molecule has 0 radical (unpaired) electrons. The lowest BCUT2D eigenvalue weighted by atomic mass is 10.1. The smallest absolute Gasteiger partial charge is 0.333 e. The van der Waals surface area contributed by atoms with Gasteiger partial charge in [-0.2, -0.15) is 0 Å². The predicted octanol–water partition coefficient (Wildman–Crippen LogP) is 5.76. The molecule has 0 aliphatic heterocycles. The average molecular weight is 472 g/mol. The number of methoxy groups -OCH3 is 3. The van der Waals surface area contributed by atoms with Gasteiger partial charge >= 0.3 is 5.97 Å². The minimum Gasteiger partial charge on any atom is -0.500 e. The van der Waals surface area contributed by atoms with Crippen LogP contribution in [0.15, 0.2) is 35.1 Å². The van der Waals surface area contributed by atoms with Crippen LogP contribution in [0.1, 0.15) is 71.1 Å². The fraction of sp³-hybridized carbons (Fsp3) is 0.680. The molecule has 1 amide bonds. The minimum atomic E-state index is -0.501. The summed E-state index contributed by atoms with van der Waals surface area (Å²) in [5.41, 5.74) is 2.18. The van der Waals surface area contributed by atoms with E-state index in [0.717, 1.165) is 18.4 Å². The molecule has 0 bridgehead atoms. The molecule has 7 heteroatoms. The molecule has 1 atom stereocenters. The van der Waals surface area contributed by atoms with Crippen LogP contribution in [0.5, 0.6) is 0 Å². The standard InChI is InChI=1S/C25H42ClNO5/c1-6-7-8-9-11-14-22(30-3)15-12-10-13-16-24(28)27(2)20-21(19-26)17-23(31-4)18-25(29)32-5/h10,12,18-19,22H,6-9,11,13-17,20H2,1-5H3/b12-10+,21-19-,23-18+/t22-/m0/s1. The number of carbonyl (C=O) groups excluding carboxylic acids is 2. The Morgan fingerprint density at radius 3 is 2.34 bits per heavy atom. The number of ether oxygens (including phenoxy) is 3. The van der Waals surface area contributed by atoms with Gasteiger partial charge < -0.3 is 19.1 Å². The lowest BCUT2D eigenvalue weighted by molar-refractivity contribution is -0.135. The van der Waals surface area contributed by atoms with Crippen molar-refractivity contribution in [1.29, 1.82) is 0 Å². The molecule has 0 unspecified atom stereocenters. The van der Waals surface area contributed by atoms with E-state index in [9.17, 15) is 9.59 Å². The third-order valence-corrected chi connectivity index (χ3v) is 5.53. The van der Waals surface area contributed by atoms with E-state index in [2.05, 4.69) is 23.8 Å². The van der Waals surface area contributed by atoms with Gasteiger partial charge in [-0.25, -0.2) is 4.79 Å². The van der Waals surface area contributed by atoms with Crippen molar-refractivity contribution >= 4 is 23.5 Å². The molecular formula is C25H42ClNO5. The highest BCUT2D eigenvalue weighted by Crippen LogP contribution is 2.15. The van der Waals surface area contributed by atoms with Gasteiger partial charge in [-0.3, -0.25) is 4.79 Å². The van der Waals surface area contributed by atoms with E-state index in [1.165, 1.54) is 57.9 Å². The molecule has 0 aliphatic carbocycles. The van der Waals surface area contributed by atoms with E-state index >= 15 is 0 Å². The van der Waals surface area contributed by atoms with E-state index in [0.29, 0.717) is 31.6 Å². The fourth-order valence-corrected chi connectivity index (χ4v) is 3.34. The van der Waals surface area contributed by atoms with Gasteiger partial charge in [-0.1, -0.05) is 62.8 Å². The zero-order chi connectivity index (χ0) is 24.2. The summed E-state index contributed by atoms with van der Waals surface area (Å²) in [4.78, 5) is 25.5. The molecule has 0 heterocycles. The Morgan fingerprint density at radius 1 is 1.03 bits per heavy atom. The van der Waals surface area contributed by atoms with Crippen molar-refractivity contribution in [3.63, 3.8) is 0 Å². The van der Waals surface area contributed by atoms with Gasteiger partial charge in [0, 0.05) is 39.1 Å². The van der Waals surface area contributed by atoms with Crippen LogP contribution in [0.2, 0.25) is 0 Å². The van der Waals surface area contributed by atoms with Gasteiger partial charge in [0.25, 0.3) is 0 Å². The van der Waals surface area contributed by atoms with Crippen LogP contribution in [-0.4, -0.2) is 57.8 Å². The van der Waals surface area contributed by atoms with Gasteiger partial charge in [0.15, 0.2) is 0 Å². The van der Waals surface area contributed by atoms with Crippen molar-refractivity contribution in [2.24, 2.45) is 0 Å². The van der Waals surface area contributed by atoms with Gasteiger partial charge in [0.1, 0.15) is 5.76 Å². The molecule has 0 aromatic heterocycles. The molecule has 0 fully saturated rings. The van der Waals surface area contributed by atoms with Crippen LogP contribution in [0.25, 0.3) is 0 Å². The number of halogens is 1. The Morgan fingerprint density at radius 2 is 1.75 bits per heavy atom. The summed E-state index contributed by atoms with van der Waals surface area (Å²) in [5.74, 6) is -0.0504. The zero-order valence-corrected chi connectivity index (χ0v) is 21.3. The minimum absolute atomic E-state index is 0.0285. The maximum absolute atomic E-state index is 12.4. The first kappa shape index (κ1) is 30.2. The molecule has 0 saturated carbocycles. The van der Waals surface area contributed by atoms with Crippen LogP contribution in [0.3, 0.4) is 0 Å². The third kappa shape index (κ3) is 15.1.